The summed E-state index contributed by atoms with van der Waals surface area (Å²) < 4.78 is 5.29. The summed E-state index contributed by atoms with van der Waals surface area (Å²) in [5, 5.41) is 5.64. The number of nitrogens with zero attached hydrogens (tertiary/aromatic N) is 1. The number of aryl methyl sites for hydroxylation is 3. The lowest BCUT2D eigenvalue weighted by Crippen LogP contribution is -2.41. The molecule has 0 bridgehead atoms. The Morgan fingerprint density at radius 1 is 1.07 bits per heavy atom. The minimum atomic E-state index is -0.234. The van der Waals surface area contributed by atoms with E-state index in [2.05, 4.69) is 22.5 Å². The average molecular weight is 412 g/mol. The number of benzene rings is 2. The lowest BCUT2D eigenvalue weighted by atomic mass is 10.1. The SMILES string of the molecule is CCN(CC(=O)NCC(=O)Nc1c(C)cc(C)cc1C)C(C)c1cccc(OC)c1. The van der Waals surface area contributed by atoms with E-state index in [1.807, 2.05) is 64.1 Å². The molecule has 0 spiro atoms. The molecule has 2 aromatic carbocycles. The Hall–Kier alpha value is -2.86. The van der Waals surface area contributed by atoms with Gasteiger partial charge in [-0.15, -0.1) is 0 Å². The van der Waals surface area contributed by atoms with Crippen molar-refractivity contribution in [3.05, 3.63) is 58.7 Å². The Morgan fingerprint density at radius 2 is 1.73 bits per heavy atom. The van der Waals surface area contributed by atoms with E-state index in [0.717, 1.165) is 33.7 Å². The van der Waals surface area contributed by atoms with Crippen molar-refractivity contribution in [2.24, 2.45) is 0 Å². The summed E-state index contributed by atoms with van der Waals surface area (Å²) in [5.74, 6) is 0.375. The van der Waals surface area contributed by atoms with Gasteiger partial charge >= 0.3 is 0 Å². The molecular formula is C24H33N3O3. The first kappa shape index (κ1) is 23.4. The van der Waals surface area contributed by atoms with Crippen LogP contribution in [-0.4, -0.2) is 43.5 Å². The third-order valence-electron chi connectivity index (χ3n) is 5.26. The molecule has 0 fully saturated rings. The Morgan fingerprint density at radius 3 is 2.33 bits per heavy atom. The van der Waals surface area contributed by atoms with Crippen molar-refractivity contribution in [3.63, 3.8) is 0 Å². The van der Waals surface area contributed by atoms with Crippen LogP contribution in [0, 0.1) is 20.8 Å². The molecule has 30 heavy (non-hydrogen) atoms. The second-order valence-electron chi connectivity index (χ2n) is 7.61. The minimum absolute atomic E-state index is 0.0440. The van der Waals surface area contributed by atoms with Gasteiger partial charge < -0.3 is 15.4 Å². The molecule has 2 N–H and O–H groups in total. The second kappa shape index (κ2) is 10.8. The Balaban J connectivity index is 1.91. The lowest BCUT2D eigenvalue weighted by Gasteiger charge is -2.27. The molecule has 6 nitrogen and oxygen atoms in total. The molecule has 0 aliphatic heterocycles. The molecule has 0 heterocycles. The maximum atomic E-state index is 12.4. The fourth-order valence-electron chi connectivity index (χ4n) is 3.61. The monoisotopic (exact) mass is 411 g/mol. The van der Waals surface area contributed by atoms with Crippen molar-refractivity contribution in [1.29, 1.82) is 0 Å². The fraction of sp³-hybridized carbons (Fsp3) is 0.417. The molecule has 2 rings (SSSR count). The molecule has 0 aromatic heterocycles. The standard InChI is InChI=1S/C24H33N3O3/c1-7-27(19(5)20-9-8-10-21(13-20)30-6)15-23(29)25-14-22(28)26-24-17(3)11-16(2)12-18(24)4/h8-13,19H,7,14-15H2,1-6H3,(H,25,29)(H,26,28). The summed E-state index contributed by atoms with van der Waals surface area (Å²) in [6.07, 6.45) is 0. The number of anilines is 1. The smallest absolute Gasteiger partial charge is 0.243 e. The molecule has 0 aliphatic rings. The largest absolute Gasteiger partial charge is 0.497 e. The number of rotatable bonds is 9. The van der Waals surface area contributed by atoms with Crippen LogP contribution in [0.4, 0.5) is 5.69 Å². The molecule has 0 aliphatic carbocycles. The van der Waals surface area contributed by atoms with Crippen molar-refractivity contribution < 1.29 is 14.3 Å². The topological polar surface area (TPSA) is 70.7 Å². The van der Waals surface area contributed by atoms with E-state index < -0.39 is 0 Å². The fourth-order valence-corrected chi connectivity index (χ4v) is 3.61. The van der Waals surface area contributed by atoms with Gasteiger partial charge in [0.1, 0.15) is 5.75 Å². The predicted octanol–water partition coefficient (Wildman–Crippen LogP) is 3.76. The molecule has 0 radical (unpaired) electrons. The van der Waals surface area contributed by atoms with Gasteiger partial charge in [0.2, 0.25) is 11.8 Å². The van der Waals surface area contributed by atoms with E-state index in [4.69, 9.17) is 4.74 Å². The first-order chi connectivity index (χ1) is 14.2. The van der Waals surface area contributed by atoms with Gasteiger partial charge in [-0.2, -0.15) is 0 Å². The summed E-state index contributed by atoms with van der Waals surface area (Å²) in [6.45, 7) is 10.9. The molecule has 162 valence electrons. The zero-order chi connectivity index (χ0) is 22.3. The molecule has 1 unspecified atom stereocenters. The number of carbonyl (C=O) groups is 2. The Labute approximate surface area is 179 Å². The number of hydrogen-bond acceptors (Lipinski definition) is 4. The number of methoxy groups -OCH3 is 1. The highest BCUT2D eigenvalue weighted by atomic mass is 16.5. The second-order valence-corrected chi connectivity index (χ2v) is 7.61. The van der Waals surface area contributed by atoms with E-state index in [0.29, 0.717) is 6.54 Å². The van der Waals surface area contributed by atoms with Gasteiger partial charge in [-0.05, 0) is 63.1 Å². The van der Waals surface area contributed by atoms with E-state index in [9.17, 15) is 9.59 Å². The molecule has 2 aromatic rings. The van der Waals surface area contributed by atoms with Crippen LogP contribution < -0.4 is 15.4 Å². The van der Waals surface area contributed by atoms with Crippen LogP contribution in [0.25, 0.3) is 0 Å². The van der Waals surface area contributed by atoms with Gasteiger partial charge in [-0.1, -0.05) is 36.8 Å². The molecular weight excluding hydrogens is 378 g/mol. The van der Waals surface area contributed by atoms with Gasteiger partial charge in [-0.25, -0.2) is 0 Å². The Kier molecular flexibility index (Phi) is 8.42. The third kappa shape index (κ3) is 6.32. The molecule has 1 atom stereocenters. The van der Waals surface area contributed by atoms with Crippen LogP contribution in [0.15, 0.2) is 36.4 Å². The maximum absolute atomic E-state index is 12.4. The summed E-state index contributed by atoms with van der Waals surface area (Å²) in [6, 6.07) is 11.9. The van der Waals surface area contributed by atoms with Crippen LogP contribution in [0.5, 0.6) is 5.75 Å². The van der Waals surface area contributed by atoms with Crippen molar-refractivity contribution in [2.45, 2.75) is 40.7 Å². The van der Waals surface area contributed by atoms with Gasteiger partial charge in [-0.3, -0.25) is 14.5 Å². The summed E-state index contributed by atoms with van der Waals surface area (Å²) in [5.41, 5.74) is 5.06. The maximum Gasteiger partial charge on any atom is 0.243 e. The highest BCUT2D eigenvalue weighted by molar-refractivity contribution is 5.96. The first-order valence-electron chi connectivity index (χ1n) is 10.3. The molecule has 0 saturated heterocycles. The van der Waals surface area contributed by atoms with Gasteiger partial charge in [0.15, 0.2) is 0 Å². The van der Waals surface area contributed by atoms with Gasteiger partial charge in [0.25, 0.3) is 0 Å². The molecule has 6 heteroatoms. The van der Waals surface area contributed by atoms with Crippen LogP contribution in [0.3, 0.4) is 0 Å². The van der Waals surface area contributed by atoms with Crippen molar-refractivity contribution >= 4 is 17.5 Å². The lowest BCUT2D eigenvalue weighted by molar-refractivity contribution is -0.125. The number of amides is 2. The van der Waals surface area contributed by atoms with Crippen LogP contribution in [-0.2, 0) is 9.59 Å². The number of carbonyl (C=O) groups excluding carboxylic acids is 2. The number of ether oxygens (including phenoxy) is 1. The van der Waals surface area contributed by atoms with Crippen LogP contribution in [0.2, 0.25) is 0 Å². The first-order valence-corrected chi connectivity index (χ1v) is 10.3. The van der Waals surface area contributed by atoms with Crippen LogP contribution in [0.1, 0.15) is 42.1 Å². The van der Waals surface area contributed by atoms with Gasteiger partial charge in [0.05, 0.1) is 20.2 Å². The quantitative estimate of drug-likeness (QED) is 0.659. The average Bonchev–Trinajstić information content (AvgIpc) is 2.72. The van der Waals surface area contributed by atoms with Crippen molar-refractivity contribution in [1.82, 2.24) is 10.2 Å². The third-order valence-corrected chi connectivity index (χ3v) is 5.26. The number of likely N-dealkylation sites (N-methyl/N-ethyl adjacent to an activating group) is 1. The zero-order valence-corrected chi connectivity index (χ0v) is 18.8. The van der Waals surface area contributed by atoms with Crippen molar-refractivity contribution in [3.8, 4) is 5.75 Å². The zero-order valence-electron chi connectivity index (χ0n) is 18.8. The van der Waals surface area contributed by atoms with Crippen LogP contribution >= 0.6 is 0 Å². The molecule has 0 saturated carbocycles. The van der Waals surface area contributed by atoms with E-state index >= 15 is 0 Å². The normalized spacial score (nSPS) is 11.8. The van der Waals surface area contributed by atoms with Gasteiger partial charge in [0, 0.05) is 11.7 Å². The number of nitrogens with one attached hydrogen (secondary N) is 2. The predicted molar refractivity (Wildman–Crippen MR) is 121 cm³/mol. The highest BCUT2D eigenvalue weighted by Crippen LogP contribution is 2.24. The molecule has 2 amide bonds. The summed E-state index contributed by atoms with van der Waals surface area (Å²) in [7, 11) is 1.64. The summed E-state index contributed by atoms with van der Waals surface area (Å²) >= 11 is 0. The highest BCUT2D eigenvalue weighted by Gasteiger charge is 2.18. The van der Waals surface area contributed by atoms with Crippen molar-refractivity contribution in [2.75, 3.05) is 32.1 Å². The Bertz CT molecular complexity index is 872. The van der Waals surface area contributed by atoms with E-state index in [1.54, 1.807) is 7.11 Å². The van der Waals surface area contributed by atoms with E-state index in [1.165, 1.54) is 0 Å². The van der Waals surface area contributed by atoms with E-state index in [-0.39, 0.29) is 30.9 Å². The number of hydrogen-bond donors (Lipinski definition) is 2. The minimum Gasteiger partial charge on any atom is -0.497 e. The summed E-state index contributed by atoms with van der Waals surface area (Å²) in [4.78, 5) is 26.8.